The van der Waals surface area contributed by atoms with Gasteiger partial charge in [-0.2, -0.15) is 0 Å². The van der Waals surface area contributed by atoms with Crippen LogP contribution < -0.4 is 5.73 Å². The van der Waals surface area contributed by atoms with E-state index >= 15 is 0 Å². The number of nitrogens with two attached hydrogens (primary N) is 1. The highest BCUT2D eigenvalue weighted by Crippen LogP contribution is 2.31. The number of imidazole rings is 1. The fraction of sp³-hybridized carbons (Fsp3) is 0.400. The van der Waals surface area contributed by atoms with Gasteiger partial charge in [0, 0.05) is 56.8 Å². The molecule has 0 saturated carbocycles. The van der Waals surface area contributed by atoms with Crippen molar-refractivity contribution in [3.8, 4) is 0 Å². The smallest absolute Gasteiger partial charge is 0.224 e. The van der Waals surface area contributed by atoms with E-state index < -0.39 is 0 Å². The number of hydrogen-bond acceptors (Lipinski definition) is 4. The number of likely N-dealkylation sites (tertiary alicyclic amines) is 1. The van der Waals surface area contributed by atoms with E-state index in [-0.39, 0.29) is 17.9 Å². The minimum Gasteiger partial charge on any atom is -0.385 e. The predicted molar refractivity (Wildman–Crippen MR) is 150 cm³/mol. The summed E-state index contributed by atoms with van der Waals surface area (Å²) in [4.78, 5) is 20.3. The second kappa shape index (κ2) is 11.6. The first-order valence-electron chi connectivity index (χ1n) is 13.2. The lowest BCUT2D eigenvalue weighted by atomic mass is 9.95. The maximum Gasteiger partial charge on any atom is 0.224 e. The van der Waals surface area contributed by atoms with Crippen molar-refractivity contribution in [2.75, 3.05) is 26.8 Å². The molecule has 4 aromatic rings. The van der Waals surface area contributed by atoms with Crippen LogP contribution in [0.3, 0.4) is 0 Å². The van der Waals surface area contributed by atoms with Crippen LogP contribution in [-0.4, -0.2) is 53.2 Å². The van der Waals surface area contributed by atoms with Crippen LogP contribution in [0.15, 0.2) is 60.7 Å². The Hall–Kier alpha value is -2.93. The topological polar surface area (TPSA) is 73.4 Å². The van der Waals surface area contributed by atoms with Crippen LogP contribution in [-0.2, 0) is 22.5 Å². The van der Waals surface area contributed by atoms with Crippen LogP contribution in [0.1, 0.15) is 43.0 Å². The molecule has 1 aliphatic rings. The summed E-state index contributed by atoms with van der Waals surface area (Å²) < 4.78 is 7.55. The van der Waals surface area contributed by atoms with Gasteiger partial charge in [-0.05, 0) is 60.2 Å². The quantitative estimate of drug-likeness (QED) is 0.295. The van der Waals surface area contributed by atoms with Crippen LogP contribution in [0, 0.1) is 0 Å². The number of benzene rings is 3. The molecule has 0 bridgehead atoms. The lowest BCUT2D eigenvalue weighted by Gasteiger charge is -2.33. The Kier molecular flexibility index (Phi) is 8.08. The van der Waals surface area contributed by atoms with Gasteiger partial charge < -0.3 is 19.9 Å². The zero-order chi connectivity index (χ0) is 25.8. The summed E-state index contributed by atoms with van der Waals surface area (Å²) in [7, 11) is 1.72. The number of fused-ring (bicyclic) bond motifs is 2. The second-order valence-electron chi connectivity index (χ2n) is 10.1. The van der Waals surface area contributed by atoms with Crippen molar-refractivity contribution in [3.63, 3.8) is 0 Å². The number of carbonyl (C=O) groups is 1. The molecule has 6 nitrogen and oxygen atoms in total. The van der Waals surface area contributed by atoms with E-state index in [1.807, 2.05) is 35.2 Å². The molecule has 3 aromatic carbocycles. The molecule has 2 heterocycles. The van der Waals surface area contributed by atoms with Gasteiger partial charge in [-0.1, -0.05) is 54.1 Å². The Morgan fingerprint density at radius 1 is 1.16 bits per heavy atom. The molecular weight excluding hydrogens is 484 g/mol. The van der Waals surface area contributed by atoms with Crippen LogP contribution in [0.4, 0.5) is 0 Å². The molecule has 2 atom stereocenters. The highest BCUT2D eigenvalue weighted by molar-refractivity contribution is 6.31. The summed E-state index contributed by atoms with van der Waals surface area (Å²) in [5.74, 6) is 1.34. The van der Waals surface area contributed by atoms with Gasteiger partial charge in [0.05, 0.1) is 11.0 Å². The average molecular weight is 519 g/mol. The molecule has 5 rings (SSSR count). The number of amides is 1. The number of nitrogens with zero attached hydrogens (tertiary/aromatic N) is 3. The summed E-state index contributed by atoms with van der Waals surface area (Å²) in [5.41, 5.74) is 9.62. The molecule has 1 saturated heterocycles. The first kappa shape index (κ1) is 25.7. The number of aryl methyl sites for hydroxylation is 1. The van der Waals surface area contributed by atoms with E-state index in [0.29, 0.717) is 31.0 Å². The Labute approximate surface area is 223 Å². The van der Waals surface area contributed by atoms with Crippen molar-refractivity contribution < 1.29 is 9.53 Å². The van der Waals surface area contributed by atoms with Gasteiger partial charge in [0.2, 0.25) is 5.91 Å². The van der Waals surface area contributed by atoms with E-state index in [1.165, 1.54) is 16.3 Å². The van der Waals surface area contributed by atoms with E-state index in [0.717, 1.165) is 49.2 Å². The number of hydrogen-bond donors (Lipinski definition) is 1. The molecule has 2 N–H and O–H groups in total. The van der Waals surface area contributed by atoms with Gasteiger partial charge in [-0.3, -0.25) is 4.79 Å². The van der Waals surface area contributed by atoms with Gasteiger partial charge in [0.25, 0.3) is 0 Å². The normalized spacial score (nSPS) is 16.9. The number of aromatic nitrogens is 2. The van der Waals surface area contributed by atoms with Gasteiger partial charge in [0.15, 0.2) is 0 Å². The van der Waals surface area contributed by atoms with Crippen molar-refractivity contribution in [1.82, 2.24) is 14.5 Å². The number of piperidine rings is 1. The average Bonchev–Trinajstić information content (AvgIpc) is 3.26. The number of ether oxygens (including phenoxy) is 1. The van der Waals surface area contributed by atoms with E-state index in [9.17, 15) is 4.79 Å². The number of rotatable bonds is 9. The molecule has 7 heteroatoms. The molecular formula is C30H35ClN4O2. The van der Waals surface area contributed by atoms with Crippen molar-refractivity contribution in [1.29, 1.82) is 0 Å². The maximum absolute atomic E-state index is 13.3. The molecule has 1 amide bonds. The molecule has 1 fully saturated rings. The molecule has 0 radical (unpaired) electrons. The van der Waals surface area contributed by atoms with Crippen LogP contribution in [0.5, 0.6) is 0 Å². The highest BCUT2D eigenvalue weighted by atomic mass is 35.5. The summed E-state index contributed by atoms with van der Waals surface area (Å²) in [6, 6.07) is 20.4. The van der Waals surface area contributed by atoms with E-state index in [1.54, 1.807) is 7.11 Å². The third-order valence-corrected chi connectivity index (χ3v) is 7.59. The van der Waals surface area contributed by atoms with Crippen LogP contribution in [0.2, 0.25) is 5.02 Å². The largest absolute Gasteiger partial charge is 0.385 e. The Bertz CT molecular complexity index is 1380. The lowest BCUT2D eigenvalue weighted by Crippen LogP contribution is -2.42. The Balaban J connectivity index is 1.27. The van der Waals surface area contributed by atoms with Crippen LogP contribution in [0.25, 0.3) is 21.8 Å². The van der Waals surface area contributed by atoms with Crippen LogP contribution >= 0.6 is 11.6 Å². The summed E-state index contributed by atoms with van der Waals surface area (Å²) in [5, 5.41) is 3.12. The van der Waals surface area contributed by atoms with Crippen molar-refractivity contribution in [2.45, 2.75) is 50.6 Å². The summed E-state index contributed by atoms with van der Waals surface area (Å²) in [6.07, 6.45) is 3.89. The molecule has 1 aromatic heterocycles. The molecule has 1 aliphatic heterocycles. The summed E-state index contributed by atoms with van der Waals surface area (Å²) >= 11 is 6.32. The van der Waals surface area contributed by atoms with Crippen molar-refractivity contribution in [3.05, 3.63) is 77.1 Å². The summed E-state index contributed by atoms with van der Waals surface area (Å²) in [6.45, 7) is 2.93. The lowest BCUT2D eigenvalue weighted by molar-refractivity contribution is -0.132. The minimum absolute atomic E-state index is 0.128. The van der Waals surface area contributed by atoms with Crippen molar-refractivity contribution in [2.24, 2.45) is 5.73 Å². The standard InChI is InChI=1S/C30H35ClN4O2/c1-37-15-5-14-35-28-18-25(31)11-12-27(28)33-30(35)24-8-4-13-34(20-24)29(36)19-26(32)17-21-9-10-22-6-2-3-7-23(22)16-21/h2-3,6-7,9-12,16,18,24,26H,4-5,8,13-15,17,19-20,32H2,1H3. The first-order valence-corrected chi connectivity index (χ1v) is 13.6. The Morgan fingerprint density at radius 3 is 2.84 bits per heavy atom. The van der Waals surface area contributed by atoms with Gasteiger partial charge in [0.1, 0.15) is 5.82 Å². The predicted octanol–water partition coefficient (Wildman–Crippen LogP) is 5.55. The highest BCUT2D eigenvalue weighted by Gasteiger charge is 2.29. The fourth-order valence-corrected chi connectivity index (χ4v) is 5.70. The van der Waals surface area contributed by atoms with E-state index in [2.05, 4.69) is 34.9 Å². The van der Waals surface area contributed by atoms with Gasteiger partial charge in [-0.15, -0.1) is 0 Å². The molecule has 0 aliphatic carbocycles. The third-order valence-electron chi connectivity index (χ3n) is 7.36. The van der Waals surface area contributed by atoms with Crippen molar-refractivity contribution >= 4 is 39.3 Å². The monoisotopic (exact) mass is 518 g/mol. The molecule has 2 unspecified atom stereocenters. The fourth-order valence-electron chi connectivity index (χ4n) is 5.54. The van der Waals surface area contributed by atoms with Gasteiger partial charge in [-0.25, -0.2) is 4.98 Å². The zero-order valence-corrected chi connectivity index (χ0v) is 22.2. The Morgan fingerprint density at radius 2 is 2.00 bits per heavy atom. The number of halogens is 1. The number of methoxy groups -OCH3 is 1. The number of carbonyl (C=O) groups excluding carboxylic acids is 1. The zero-order valence-electron chi connectivity index (χ0n) is 21.4. The SMILES string of the molecule is COCCCn1c(C2CCCN(C(=O)CC(N)Cc3ccc4ccccc4c3)C2)nc2ccc(Cl)cc21. The molecule has 0 spiro atoms. The van der Waals surface area contributed by atoms with E-state index in [4.69, 9.17) is 27.1 Å². The second-order valence-corrected chi connectivity index (χ2v) is 10.6. The molecule has 37 heavy (non-hydrogen) atoms. The first-order chi connectivity index (χ1) is 18.0. The van der Waals surface area contributed by atoms with Gasteiger partial charge >= 0.3 is 0 Å². The third kappa shape index (κ3) is 5.98. The molecule has 194 valence electrons. The minimum atomic E-state index is -0.213. The maximum atomic E-state index is 13.3.